The number of amides is 1. The summed E-state index contributed by atoms with van der Waals surface area (Å²) in [6.45, 7) is 3.87. The Hall–Kier alpha value is -0.910. The number of hydrogen-bond acceptors (Lipinski definition) is 4. The van der Waals surface area contributed by atoms with E-state index in [1.54, 1.807) is 11.3 Å². The average molecular weight is 296 g/mol. The van der Waals surface area contributed by atoms with Crippen molar-refractivity contribution in [2.75, 3.05) is 20.1 Å². The first-order chi connectivity index (χ1) is 9.56. The maximum absolute atomic E-state index is 11.9. The van der Waals surface area contributed by atoms with E-state index in [4.69, 9.17) is 0 Å². The molecule has 0 saturated heterocycles. The molecule has 1 aliphatic rings. The van der Waals surface area contributed by atoms with Crippen LogP contribution >= 0.6 is 11.3 Å². The van der Waals surface area contributed by atoms with Gasteiger partial charge in [-0.3, -0.25) is 9.69 Å². The SMILES string of the molecule is Cc1ccsc1CNC(=O)CN(C)CC1CCCC1O. The van der Waals surface area contributed by atoms with Crippen molar-refractivity contribution in [2.24, 2.45) is 5.92 Å². The standard InChI is InChI=1S/C15H24N2O2S/c1-11-6-7-20-14(11)8-16-15(19)10-17(2)9-12-4-3-5-13(12)18/h6-7,12-13,18H,3-5,8-10H2,1-2H3,(H,16,19). The summed E-state index contributed by atoms with van der Waals surface area (Å²) in [7, 11) is 1.95. The minimum atomic E-state index is -0.186. The van der Waals surface area contributed by atoms with Crippen LogP contribution in [0.3, 0.4) is 0 Å². The Kier molecular flexibility index (Phi) is 5.57. The van der Waals surface area contributed by atoms with Gasteiger partial charge in [-0.25, -0.2) is 0 Å². The fraction of sp³-hybridized carbons (Fsp3) is 0.667. The van der Waals surface area contributed by atoms with E-state index in [2.05, 4.69) is 18.3 Å². The second kappa shape index (κ2) is 7.20. The second-order valence-electron chi connectivity index (χ2n) is 5.76. The van der Waals surface area contributed by atoms with Gasteiger partial charge < -0.3 is 10.4 Å². The topological polar surface area (TPSA) is 52.6 Å². The van der Waals surface area contributed by atoms with E-state index in [0.29, 0.717) is 19.0 Å². The molecule has 5 heteroatoms. The number of nitrogens with zero attached hydrogens (tertiary/aromatic N) is 1. The smallest absolute Gasteiger partial charge is 0.234 e. The van der Waals surface area contributed by atoms with Crippen LogP contribution in [0.1, 0.15) is 29.7 Å². The number of carbonyl (C=O) groups excluding carboxylic acids is 1. The molecule has 1 amide bonds. The zero-order valence-electron chi connectivity index (χ0n) is 12.3. The molecule has 20 heavy (non-hydrogen) atoms. The third-order valence-electron chi connectivity index (χ3n) is 3.99. The van der Waals surface area contributed by atoms with Crippen LogP contribution in [-0.4, -0.2) is 42.2 Å². The number of aliphatic hydroxyl groups is 1. The summed E-state index contributed by atoms with van der Waals surface area (Å²) < 4.78 is 0. The lowest BCUT2D eigenvalue weighted by Crippen LogP contribution is -2.38. The summed E-state index contributed by atoms with van der Waals surface area (Å²) >= 11 is 1.68. The van der Waals surface area contributed by atoms with E-state index in [1.807, 2.05) is 17.3 Å². The highest BCUT2D eigenvalue weighted by atomic mass is 32.1. The van der Waals surface area contributed by atoms with Crippen molar-refractivity contribution in [3.05, 3.63) is 21.9 Å². The Morgan fingerprint density at radius 1 is 1.55 bits per heavy atom. The quantitative estimate of drug-likeness (QED) is 0.841. The Balaban J connectivity index is 1.69. The Morgan fingerprint density at radius 2 is 2.35 bits per heavy atom. The molecule has 1 aromatic heterocycles. The number of hydrogen-bond donors (Lipinski definition) is 2. The molecule has 2 rings (SSSR count). The Bertz CT molecular complexity index is 447. The van der Waals surface area contributed by atoms with Crippen LogP contribution in [0.15, 0.2) is 11.4 Å². The fourth-order valence-electron chi connectivity index (χ4n) is 2.76. The van der Waals surface area contributed by atoms with Gasteiger partial charge in [-0.1, -0.05) is 6.42 Å². The van der Waals surface area contributed by atoms with Crippen molar-refractivity contribution in [3.8, 4) is 0 Å². The molecule has 0 aliphatic heterocycles. The molecule has 4 nitrogen and oxygen atoms in total. The molecular formula is C15H24N2O2S. The van der Waals surface area contributed by atoms with Gasteiger partial charge in [-0.15, -0.1) is 11.3 Å². The first-order valence-corrected chi connectivity index (χ1v) is 8.10. The highest BCUT2D eigenvalue weighted by Gasteiger charge is 2.26. The monoisotopic (exact) mass is 296 g/mol. The van der Waals surface area contributed by atoms with Gasteiger partial charge in [0.2, 0.25) is 5.91 Å². The molecule has 0 aromatic carbocycles. The van der Waals surface area contributed by atoms with Gasteiger partial charge in [0.1, 0.15) is 0 Å². The van der Waals surface area contributed by atoms with Gasteiger partial charge in [-0.2, -0.15) is 0 Å². The average Bonchev–Trinajstić information content (AvgIpc) is 2.97. The zero-order valence-corrected chi connectivity index (χ0v) is 13.1. The van der Waals surface area contributed by atoms with Crippen molar-refractivity contribution in [3.63, 3.8) is 0 Å². The fourth-order valence-corrected chi connectivity index (χ4v) is 3.61. The molecule has 1 heterocycles. The molecule has 1 fully saturated rings. The number of rotatable bonds is 6. The van der Waals surface area contributed by atoms with Crippen LogP contribution in [-0.2, 0) is 11.3 Å². The molecule has 2 atom stereocenters. The van der Waals surface area contributed by atoms with Crippen LogP contribution in [0.4, 0.5) is 0 Å². The molecule has 1 saturated carbocycles. The predicted molar refractivity (Wildman–Crippen MR) is 81.7 cm³/mol. The minimum absolute atomic E-state index is 0.0489. The maximum atomic E-state index is 11.9. The molecule has 2 N–H and O–H groups in total. The van der Waals surface area contributed by atoms with E-state index in [0.717, 1.165) is 25.8 Å². The van der Waals surface area contributed by atoms with Crippen molar-refractivity contribution in [2.45, 2.75) is 38.8 Å². The molecule has 2 unspecified atom stereocenters. The number of nitrogens with one attached hydrogen (secondary N) is 1. The lowest BCUT2D eigenvalue weighted by Gasteiger charge is -2.22. The molecule has 0 radical (unpaired) electrons. The van der Waals surface area contributed by atoms with Crippen molar-refractivity contribution >= 4 is 17.2 Å². The number of thiophene rings is 1. The largest absolute Gasteiger partial charge is 0.393 e. The van der Waals surface area contributed by atoms with Crippen LogP contribution in [0.5, 0.6) is 0 Å². The number of aryl methyl sites for hydroxylation is 1. The lowest BCUT2D eigenvalue weighted by atomic mass is 10.1. The van der Waals surface area contributed by atoms with Gasteiger partial charge in [0, 0.05) is 11.4 Å². The Labute approximate surface area is 124 Å². The summed E-state index contributed by atoms with van der Waals surface area (Å²) in [6.07, 6.45) is 2.89. The van der Waals surface area contributed by atoms with Crippen LogP contribution in [0, 0.1) is 12.8 Å². The third kappa shape index (κ3) is 4.30. The van der Waals surface area contributed by atoms with E-state index in [-0.39, 0.29) is 12.0 Å². The molecule has 112 valence electrons. The van der Waals surface area contributed by atoms with Crippen LogP contribution in [0.2, 0.25) is 0 Å². The zero-order chi connectivity index (χ0) is 14.5. The highest BCUT2D eigenvalue weighted by molar-refractivity contribution is 7.10. The van der Waals surface area contributed by atoms with Crippen molar-refractivity contribution < 1.29 is 9.90 Å². The van der Waals surface area contributed by atoms with Crippen molar-refractivity contribution in [1.29, 1.82) is 0 Å². The van der Waals surface area contributed by atoms with E-state index >= 15 is 0 Å². The minimum Gasteiger partial charge on any atom is -0.393 e. The molecular weight excluding hydrogens is 272 g/mol. The highest BCUT2D eigenvalue weighted by Crippen LogP contribution is 2.25. The van der Waals surface area contributed by atoms with Gasteiger partial charge in [-0.05, 0) is 49.7 Å². The number of carbonyl (C=O) groups is 1. The molecule has 0 bridgehead atoms. The third-order valence-corrected chi connectivity index (χ3v) is 5.02. The van der Waals surface area contributed by atoms with Crippen molar-refractivity contribution in [1.82, 2.24) is 10.2 Å². The lowest BCUT2D eigenvalue weighted by molar-refractivity contribution is -0.122. The van der Waals surface area contributed by atoms with Gasteiger partial charge in [0.15, 0.2) is 0 Å². The van der Waals surface area contributed by atoms with E-state index in [9.17, 15) is 9.90 Å². The summed E-state index contributed by atoms with van der Waals surface area (Å²) in [4.78, 5) is 15.1. The molecule has 1 aromatic rings. The van der Waals surface area contributed by atoms with E-state index < -0.39 is 0 Å². The molecule has 0 spiro atoms. The van der Waals surface area contributed by atoms with E-state index in [1.165, 1.54) is 10.4 Å². The maximum Gasteiger partial charge on any atom is 0.234 e. The Morgan fingerprint density at radius 3 is 2.95 bits per heavy atom. The van der Waals surface area contributed by atoms with Gasteiger partial charge in [0.25, 0.3) is 0 Å². The van der Waals surface area contributed by atoms with Crippen LogP contribution in [0.25, 0.3) is 0 Å². The van der Waals surface area contributed by atoms with Gasteiger partial charge in [0.05, 0.1) is 19.2 Å². The summed E-state index contributed by atoms with van der Waals surface area (Å²) in [5, 5.41) is 14.8. The summed E-state index contributed by atoms with van der Waals surface area (Å²) in [6, 6.07) is 2.07. The first-order valence-electron chi connectivity index (χ1n) is 7.22. The summed E-state index contributed by atoms with van der Waals surface area (Å²) in [5.74, 6) is 0.375. The number of aliphatic hydroxyl groups excluding tert-OH is 1. The molecule has 1 aliphatic carbocycles. The van der Waals surface area contributed by atoms with Gasteiger partial charge >= 0.3 is 0 Å². The van der Waals surface area contributed by atoms with Crippen LogP contribution < -0.4 is 5.32 Å². The normalized spacial score (nSPS) is 22.4. The number of likely N-dealkylation sites (N-methyl/N-ethyl adjacent to an activating group) is 1. The first kappa shape index (κ1) is 15.5. The second-order valence-corrected chi connectivity index (χ2v) is 6.76. The summed E-state index contributed by atoms with van der Waals surface area (Å²) in [5.41, 5.74) is 1.23. The predicted octanol–water partition coefficient (Wildman–Crippen LogP) is 1.77.